The second kappa shape index (κ2) is 14.1. The number of rotatable bonds is 7. The van der Waals surface area contributed by atoms with Crippen molar-refractivity contribution in [1.82, 2.24) is 0 Å². The maximum Gasteiger partial charge on any atom is 0.159 e. The Morgan fingerprint density at radius 3 is 1.66 bits per heavy atom. The van der Waals surface area contributed by atoms with Gasteiger partial charge in [-0.15, -0.1) is 0 Å². The fourth-order valence-corrected chi connectivity index (χ4v) is 8.84. The van der Waals surface area contributed by atoms with Gasteiger partial charge in [-0.3, -0.25) is 0 Å². The van der Waals surface area contributed by atoms with Gasteiger partial charge in [0, 0.05) is 21.9 Å². The molecule has 2 nitrogen and oxygen atoms in total. The molecule has 0 N–H and O–H groups in total. The first-order chi connectivity index (χ1) is 28.8. The normalized spacial score (nSPS) is 11.4. The summed E-state index contributed by atoms with van der Waals surface area (Å²) in [5.74, 6) is 0. The summed E-state index contributed by atoms with van der Waals surface area (Å²) >= 11 is 0. The van der Waals surface area contributed by atoms with E-state index in [9.17, 15) is 0 Å². The van der Waals surface area contributed by atoms with Crippen molar-refractivity contribution in [3.05, 3.63) is 224 Å². The van der Waals surface area contributed by atoms with Gasteiger partial charge in [-0.25, -0.2) is 0 Å². The highest BCUT2D eigenvalue weighted by Gasteiger charge is 2.26. The van der Waals surface area contributed by atoms with Gasteiger partial charge in [0.25, 0.3) is 0 Å². The molecule has 58 heavy (non-hydrogen) atoms. The van der Waals surface area contributed by atoms with Crippen molar-refractivity contribution in [3.63, 3.8) is 0 Å². The largest absolute Gasteiger partial charge is 0.454 e. The molecule has 1 heterocycles. The lowest BCUT2D eigenvalue weighted by Crippen LogP contribution is -2.13. The molecule has 11 aromatic rings. The monoisotopic (exact) mass is 739 g/mol. The minimum Gasteiger partial charge on any atom is -0.454 e. The van der Waals surface area contributed by atoms with Crippen LogP contribution in [-0.4, -0.2) is 0 Å². The molecule has 0 saturated heterocycles. The van der Waals surface area contributed by atoms with E-state index in [2.05, 4.69) is 223 Å². The maximum atomic E-state index is 6.88. The molecule has 0 bridgehead atoms. The molecule has 2 heteroatoms. The first-order valence-corrected chi connectivity index (χ1v) is 19.8. The van der Waals surface area contributed by atoms with Gasteiger partial charge in [-0.1, -0.05) is 200 Å². The Morgan fingerprint density at radius 1 is 0.293 bits per heavy atom. The van der Waals surface area contributed by atoms with Gasteiger partial charge in [0.1, 0.15) is 5.58 Å². The van der Waals surface area contributed by atoms with Gasteiger partial charge in [0.2, 0.25) is 0 Å². The number of nitrogens with zero attached hydrogens (tertiary/aromatic N) is 1. The van der Waals surface area contributed by atoms with E-state index >= 15 is 0 Å². The Morgan fingerprint density at radius 2 is 0.845 bits per heavy atom. The van der Waals surface area contributed by atoms with E-state index in [1.165, 1.54) is 43.8 Å². The summed E-state index contributed by atoms with van der Waals surface area (Å²) in [6.07, 6.45) is 0. The minimum atomic E-state index is 0.843. The lowest BCUT2D eigenvalue weighted by Gasteiger charge is -2.31. The van der Waals surface area contributed by atoms with Gasteiger partial charge in [0.15, 0.2) is 5.58 Å². The molecule has 0 amide bonds. The first-order valence-electron chi connectivity index (χ1n) is 19.8. The van der Waals surface area contributed by atoms with Crippen molar-refractivity contribution in [2.45, 2.75) is 0 Å². The lowest BCUT2D eigenvalue weighted by molar-refractivity contribution is 0.669. The van der Waals surface area contributed by atoms with Crippen LogP contribution in [-0.2, 0) is 0 Å². The van der Waals surface area contributed by atoms with Gasteiger partial charge in [0.05, 0.1) is 17.1 Å². The van der Waals surface area contributed by atoms with E-state index in [1.54, 1.807) is 0 Å². The van der Waals surface area contributed by atoms with Gasteiger partial charge in [-0.2, -0.15) is 0 Å². The Hall–Kier alpha value is -7.68. The van der Waals surface area contributed by atoms with Crippen LogP contribution >= 0.6 is 0 Å². The van der Waals surface area contributed by atoms with Gasteiger partial charge in [-0.05, 0) is 79.2 Å². The zero-order chi connectivity index (χ0) is 38.4. The van der Waals surface area contributed by atoms with E-state index in [4.69, 9.17) is 4.42 Å². The first kappa shape index (κ1) is 33.6. The summed E-state index contributed by atoms with van der Waals surface area (Å²) in [6.45, 7) is 0. The number of para-hydroxylation sites is 3. The molecule has 1 aromatic heterocycles. The highest BCUT2D eigenvalue weighted by atomic mass is 16.3. The second-order valence-corrected chi connectivity index (χ2v) is 14.8. The minimum absolute atomic E-state index is 0.843. The molecule has 0 saturated carbocycles. The zero-order valence-corrected chi connectivity index (χ0v) is 31.7. The molecular formula is C56H37NO. The third-order valence-corrected chi connectivity index (χ3v) is 11.5. The van der Waals surface area contributed by atoms with Crippen molar-refractivity contribution >= 4 is 60.5 Å². The van der Waals surface area contributed by atoms with E-state index in [-0.39, 0.29) is 0 Å². The van der Waals surface area contributed by atoms with Crippen LogP contribution in [0.4, 0.5) is 17.1 Å². The average molecular weight is 740 g/mol. The van der Waals surface area contributed by atoms with E-state index in [0.717, 1.165) is 61.3 Å². The van der Waals surface area contributed by atoms with Crippen LogP contribution in [0.5, 0.6) is 0 Å². The maximum absolute atomic E-state index is 6.88. The van der Waals surface area contributed by atoms with Crippen molar-refractivity contribution in [1.29, 1.82) is 0 Å². The fraction of sp³-hybridized carbons (Fsp3) is 0. The molecule has 10 aromatic carbocycles. The highest BCUT2D eigenvalue weighted by molar-refractivity contribution is 6.13. The third kappa shape index (κ3) is 5.66. The van der Waals surface area contributed by atoms with Crippen LogP contribution in [0.15, 0.2) is 229 Å². The molecule has 0 unspecified atom stereocenters. The van der Waals surface area contributed by atoms with Crippen LogP contribution in [0.3, 0.4) is 0 Å². The second-order valence-electron chi connectivity index (χ2n) is 14.8. The highest BCUT2D eigenvalue weighted by Crippen LogP contribution is 2.50. The number of anilines is 3. The zero-order valence-electron chi connectivity index (χ0n) is 31.7. The Bertz CT molecular complexity index is 3280. The van der Waals surface area contributed by atoms with Crippen LogP contribution in [0.2, 0.25) is 0 Å². The molecule has 0 atom stereocenters. The molecule has 0 spiro atoms. The summed E-state index contributed by atoms with van der Waals surface area (Å²) in [6, 6.07) is 80.7. The Balaban J connectivity index is 1.25. The molecule has 272 valence electrons. The van der Waals surface area contributed by atoms with E-state index in [0.29, 0.717) is 0 Å². The third-order valence-electron chi connectivity index (χ3n) is 11.5. The predicted octanol–water partition coefficient (Wildman–Crippen LogP) is 16.0. The smallest absolute Gasteiger partial charge is 0.159 e. The average Bonchev–Trinajstić information content (AvgIpc) is 3.69. The summed E-state index contributed by atoms with van der Waals surface area (Å²) in [7, 11) is 0. The Labute approximate surface area is 337 Å². The molecule has 0 aliphatic rings. The van der Waals surface area contributed by atoms with E-state index < -0.39 is 0 Å². The molecule has 0 aliphatic carbocycles. The fourth-order valence-electron chi connectivity index (χ4n) is 8.84. The number of benzene rings is 10. The number of fused-ring (bicyclic) bond motifs is 5. The molecule has 11 rings (SSSR count). The molecular weight excluding hydrogens is 703 g/mol. The summed E-state index contributed by atoms with van der Waals surface area (Å²) in [4.78, 5) is 2.45. The summed E-state index contributed by atoms with van der Waals surface area (Å²) < 4.78 is 6.88. The van der Waals surface area contributed by atoms with Crippen molar-refractivity contribution in [3.8, 4) is 44.5 Å². The van der Waals surface area contributed by atoms with Crippen molar-refractivity contribution < 1.29 is 4.42 Å². The standard InChI is InChI=1S/C56H37NO/c1-3-17-39(18-4-1)45-36-35-42(44-28-13-22-38-21-7-8-25-43(38)44)37-53(45)57(52-33-16-31-50-48-27-10-12-34-54(48)58-56(50)52)51-32-11-9-26-47(51)49-30-15-24-41-23-14-29-46(55(41)49)40-19-5-2-6-20-40/h1-37H. The van der Waals surface area contributed by atoms with Crippen molar-refractivity contribution in [2.24, 2.45) is 0 Å². The molecule has 0 radical (unpaired) electrons. The van der Waals surface area contributed by atoms with Crippen LogP contribution in [0.25, 0.3) is 88.0 Å². The van der Waals surface area contributed by atoms with Gasteiger partial charge < -0.3 is 9.32 Å². The molecule has 0 aliphatic heterocycles. The number of hydrogen-bond acceptors (Lipinski definition) is 2. The Kier molecular flexibility index (Phi) is 8.19. The summed E-state index contributed by atoms with van der Waals surface area (Å²) in [5.41, 5.74) is 14.1. The predicted molar refractivity (Wildman–Crippen MR) is 245 cm³/mol. The lowest BCUT2D eigenvalue weighted by atomic mass is 9.90. The number of hydrogen-bond donors (Lipinski definition) is 0. The SMILES string of the molecule is c1ccc(-c2ccc(-c3cccc4ccccc34)cc2N(c2ccccc2-c2cccc3cccc(-c4ccccc4)c23)c2cccc3c2oc2ccccc23)cc1. The van der Waals surface area contributed by atoms with Crippen LogP contribution in [0.1, 0.15) is 0 Å². The van der Waals surface area contributed by atoms with Crippen molar-refractivity contribution in [2.75, 3.05) is 4.90 Å². The summed E-state index contributed by atoms with van der Waals surface area (Å²) in [5, 5.41) is 7.04. The molecule has 0 fully saturated rings. The number of furan rings is 1. The van der Waals surface area contributed by atoms with Crippen LogP contribution in [0, 0.1) is 0 Å². The quantitative estimate of drug-likeness (QED) is 0.162. The topological polar surface area (TPSA) is 16.4 Å². The van der Waals surface area contributed by atoms with E-state index in [1.807, 2.05) is 6.07 Å². The van der Waals surface area contributed by atoms with Crippen LogP contribution < -0.4 is 4.90 Å². The van der Waals surface area contributed by atoms with Gasteiger partial charge >= 0.3 is 0 Å².